The minimum absolute atomic E-state index is 0.141. The van der Waals surface area contributed by atoms with Gasteiger partial charge in [0.05, 0.1) is 11.6 Å². The second-order valence-electron chi connectivity index (χ2n) is 12.5. The Kier molecular flexibility index (Phi) is 9.95. The lowest BCUT2D eigenvalue weighted by Crippen LogP contribution is -2.38. The van der Waals surface area contributed by atoms with Gasteiger partial charge in [0.1, 0.15) is 42.6 Å². The molecule has 2 N–H and O–H groups in total. The third-order valence-corrected chi connectivity index (χ3v) is 8.40. The first-order valence-corrected chi connectivity index (χ1v) is 16.8. The lowest BCUT2D eigenvalue weighted by Gasteiger charge is -2.37. The summed E-state index contributed by atoms with van der Waals surface area (Å²) in [4.78, 5) is 20.5. The van der Waals surface area contributed by atoms with E-state index >= 15 is 0 Å². The molecule has 3 aromatic carbocycles. The van der Waals surface area contributed by atoms with Crippen molar-refractivity contribution in [3.8, 4) is 0 Å². The first kappa shape index (κ1) is 33.8. The number of nitrogens with one attached hydrogen (secondary N) is 1. The second kappa shape index (κ2) is 14.2. The Balaban J connectivity index is 0.000000952. The summed E-state index contributed by atoms with van der Waals surface area (Å²) in [5.41, 5.74) is 2.81. The van der Waals surface area contributed by atoms with Crippen LogP contribution in [0.2, 0.25) is 0 Å². The minimum atomic E-state index is -2.80. The van der Waals surface area contributed by atoms with Gasteiger partial charge in [-0.3, -0.25) is 0 Å². The van der Waals surface area contributed by atoms with Crippen molar-refractivity contribution < 1.29 is 28.2 Å². The molecule has 5 aromatic rings. The molecule has 2 aromatic heterocycles. The van der Waals surface area contributed by atoms with E-state index < -0.39 is 44.1 Å². The molecule has 0 spiro atoms. The van der Waals surface area contributed by atoms with E-state index in [0.29, 0.717) is 16.9 Å². The molecule has 2 aliphatic rings. The van der Waals surface area contributed by atoms with E-state index in [4.69, 9.17) is 23.7 Å². The zero-order valence-corrected chi connectivity index (χ0v) is 28.4. The lowest BCUT2D eigenvalue weighted by atomic mass is 9.77. The van der Waals surface area contributed by atoms with Crippen LogP contribution < -0.4 is 5.32 Å². The summed E-state index contributed by atoms with van der Waals surface area (Å²) < 4.78 is 36.5. The molecule has 12 nitrogen and oxygen atoms in total. The van der Waals surface area contributed by atoms with E-state index in [1.54, 1.807) is 10.9 Å². The monoisotopic (exact) mass is 671 g/mol. The summed E-state index contributed by atoms with van der Waals surface area (Å²) in [5, 5.41) is 9.17. The normalized spacial score (nSPS) is 21.9. The van der Waals surface area contributed by atoms with Gasteiger partial charge in [-0.25, -0.2) is 14.6 Å². The number of ether oxygens (including phenoxy) is 3. The number of hydrogen-bond acceptors (Lipinski definition) is 10. The number of hydrogen-bond donors (Lipinski definition) is 2. The molecule has 7 rings (SSSR count). The van der Waals surface area contributed by atoms with E-state index in [1.165, 1.54) is 6.33 Å². The number of anilines is 1. The van der Waals surface area contributed by atoms with Crippen molar-refractivity contribution in [1.29, 1.82) is 0 Å². The highest BCUT2D eigenvalue weighted by molar-refractivity contribution is 7.32. The van der Waals surface area contributed by atoms with Crippen molar-refractivity contribution in [1.82, 2.24) is 24.6 Å². The highest BCUT2D eigenvalue weighted by Crippen LogP contribution is 2.45. The smallest absolute Gasteiger partial charge is 0.352 e. The zero-order valence-electron chi connectivity index (χ0n) is 27.5. The van der Waals surface area contributed by atoms with E-state index in [2.05, 4.69) is 51.8 Å². The fraction of sp³-hybridized carbons (Fsp3) is 0.343. The van der Waals surface area contributed by atoms with E-state index in [-0.39, 0.29) is 6.61 Å². The Hall–Kier alpha value is -4.13. The average Bonchev–Trinajstić information content (AvgIpc) is 3.74. The third-order valence-electron chi connectivity index (χ3n) is 8.03. The van der Waals surface area contributed by atoms with Gasteiger partial charge in [-0.1, -0.05) is 91.0 Å². The molecule has 2 saturated heterocycles. The molecule has 0 aliphatic carbocycles. The molecular weight excluding hydrogens is 631 g/mol. The Bertz CT molecular complexity index is 1730. The van der Waals surface area contributed by atoms with E-state index in [0.717, 1.165) is 16.7 Å². The quantitative estimate of drug-likeness (QED) is 0.152. The summed E-state index contributed by atoms with van der Waals surface area (Å²) in [6.45, 7) is 3.49. The molecule has 1 unspecified atom stereocenters. The highest BCUT2D eigenvalue weighted by atomic mass is 31.1. The summed E-state index contributed by atoms with van der Waals surface area (Å²) in [6.07, 6.45) is 0.727. The van der Waals surface area contributed by atoms with Crippen LogP contribution in [0.5, 0.6) is 0 Å². The first-order valence-electron chi connectivity index (χ1n) is 15.6. The maximum absolute atomic E-state index is 11.3. The average molecular weight is 672 g/mol. The predicted octanol–water partition coefficient (Wildman–Crippen LogP) is 5.49. The van der Waals surface area contributed by atoms with Crippen LogP contribution in [0.25, 0.3) is 11.0 Å². The Morgan fingerprint density at radius 3 is 1.94 bits per heavy atom. The molecule has 13 heteroatoms. The molecule has 2 aliphatic heterocycles. The van der Waals surface area contributed by atoms with Crippen LogP contribution >= 0.6 is 8.25 Å². The standard InChI is InChI=1S/C32H30N5O6P.C3H9N/c1-31(2)42-26-25(19-40-44(38)39)41-30(27(26)43-31)37-29-24(18-35-37)28(33-20-34-29)36-32(21-12-6-3-7-13-21,22-14-8-4-9-15-22)23-16-10-5-11-17-23;1-4(2)3/h3-18,20,25-27,30H,19H2,1-2H3,(H-,33,34,36,38,39);1-3H3/p+1/t25-,26-,27-,30-;/m1./s1. The van der Waals surface area contributed by atoms with Crippen LogP contribution in [0.15, 0.2) is 104 Å². The number of rotatable bonds is 9. The van der Waals surface area contributed by atoms with Gasteiger partial charge in [0.15, 0.2) is 17.7 Å². The van der Waals surface area contributed by atoms with Gasteiger partial charge in [0.2, 0.25) is 0 Å². The van der Waals surface area contributed by atoms with Crippen LogP contribution in [-0.2, 0) is 28.8 Å². The molecule has 4 heterocycles. The highest BCUT2D eigenvalue weighted by Gasteiger charge is 2.57. The summed E-state index contributed by atoms with van der Waals surface area (Å²) in [7, 11) is 3.20. The van der Waals surface area contributed by atoms with Crippen molar-refractivity contribution in [3.05, 3.63) is 120 Å². The Morgan fingerprint density at radius 1 is 0.896 bits per heavy atom. The van der Waals surface area contributed by atoms with Gasteiger partial charge in [-0.15, -0.1) is 9.42 Å². The number of aromatic nitrogens is 4. The largest absolute Gasteiger partial charge is 0.694 e. The first-order chi connectivity index (χ1) is 23.1. The number of benzene rings is 3. The van der Waals surface area contributed by atoms with Gasteiger partial charge < -0.3 is 24.4 Å². The maximum atomic E-state index is 11.3. The fourth-order valence-electron chi connectivity index (χ4n) is 6.23. The molecule has 48 heavy (non-hydrogen) atoms. The van der Waals surface area contributed by atoms with Gasteiger partial charge in [0, 0.05) is 4.57 Å². The molecule has 0 amide bonds. The fourth-order valence-corrected chi connectivity index (χ4v) is 6.51. The summed E-state index contributed by atoms with van der Waals surface area (Å²) in [6, 6.07) is 30.7. The van der Waals surface area contributed by atoms with Crippen molar-refractivity contribution in [2.45, 2.75) is 49.7 Å². The predicted molar refractivity (Wildman–Crippen MR) is 181 cm³/mol. The van der Waals surface area contributed by atoms with Gasteiger partial charge in [-0.05, 0) is 51.7 Å². The minimum Gasteiger partial charge on any atom is -0.352 e. The topological polar surface area (TPSA) is 133 Å². The lowest BCUT2D eigenvalue weighted by molar-refractivity contribution is -0.200. The van der Waals surface area contributed by atoms with Crippen molar-refractivity contribution >= 4 is 25.1 Å². The van der Waals surface area contributed by atoms with Crippen LogP contribution in [-0.4, -0.2) is 81.4 Å². The van der Waals surface area contributed by atoms with Crippen molar-refractivity contribution in [3.63, 3.8) is 0 Å². The van der Waals surface area contributed by atoms with Crippen molar-refractivity contribution in [2.24, 2.45) is 0 Å². The van der Waals surface area contributed by atoms with Crippen LogP contribution in [0.1, 0.15) is 36.8 Å². The second-order valence-corrected chi connectivity index (χ2v) is 13.3. The molecular formula is C35H40N6O6P+. The van der Waals surface area contributed by atoms with Gasteiger partial charge >= 0.3 is 8.25 Å². The van der Waals surface area contributed by atoms with E-state index in [9.17, 15) is 9.46 Å². The molecule has 0 saturated carbocycles. The van der Waals surface area contributed by atoms with Crippen LogP contribution in [0, 0.1) is 0 Å². The third kappa shape index (κ3) is 6.87. The summed E-state index contributed by atoms with van der Waals surface area (Å²) in [5.74, 6) is -0.309. The van der Waals surface area contributed by atoms with E-state index in [1.807, 2.05) is 94.5 Å². The molecule has 2 fully saturated rings. The Labute approximate surface area is 280 Å². The van der Waals surface area contributed by atoms with Crippen LogP contribution in [0.3, 0.4) is 0 Å². The van der Waals surface area contributed by atoms with Gasteiger partial charge in [-0.2, -0.15) is 5.10 Å². The molecule has 0 bridgehead atoms. The molecule has 0 radical (unpaired) electrons. The SMILES string of the molecule is CC1(C)O[C@@H]2[C@H](O1)[C@@H](CO[P+](=O)O)O[C@H]2n1ncc2c(NC(c3ccccc3)(c3ccccc3)c3ccccc3)ncnc21.CN(C)C. The number of fused-ring (bicyclic) bond motifs is 2. The molecule has 250 valence electrons. The Morgan fingerprint density at radius 2 is 1.42 bits per heavy atom. The maximum Gasteiger partial charge on any atom is 0.694 e. The van der Waals surface area contributed by atoms with Crippen LogP contribution in [0.4, 0.5) is 5.82 Å². The summed E-state index contributed by atoms with van der Waals surface area (Å²) >= 11 is 0. The number of nitrogens with zero attached hydrogens (tertiary/aromatic N) is 5. The van der Waals surface area contributed by atoms with Crippen molar-refractivity contribution in [2.75, 3.05) is 33.1 Å². The van der Waals surface area contributed by atoms with Gasteiger partial charge in [0.25, 0.3) is 0 Å². The molecule has 5 atom stereocenters. The zero-order chi connectivity index (χ0) is 33.9.